The lowest BCUT2D eigenvalue weighted by molar-refractivity contribution is 0.538. The number of halogens is 1. The highest BCUT2D eigenvalue weighted by Gasteiger charge is 2.19. The van der Waals surface area contributed by atoms with Crippen molar-refractivity contribution in [1.82, 2.24) is 14.9 Å². The van der Waals surface area contributed by atoms with Crippen LogP contribution in [0.25, 0.3) is 5.69 Å². The number of hydrogen-bond acceptors (Lipinski definition) is 4. The second-order valence-electron chi connectivity index (χ2n) is 4.49. The molecule has 2 rings (SSSR count). The van der Waals surface area contributed by atoms with Crippen molar-refractivity contribution in [3.8, 4) is 17.8 Å². The molecule has 1 atom stereocenters. The normalized spacial score (nSPS) is 11.7. The molecule has 0 aliphatic carbocycles. The quantitative estimate of drug-likeness (QED) is 0.934. The number of aromatic nitrogens is 2. The standard InChI is InChI=1S/C15H14FN5/c1-3-19-10(2)15-11(16)5-4-6-13(15)21-9-20-12(7-17)14(21)8-18/h4-6,9-10,19H,3H2,1-2H3. The van der Waals surface area contributed by atoms with Crippen LogP contribution in [0.15, 0.2) is 24.5 Å². The van der Waals surface area contributed by atoms with Crippen LogP contribution in [-0.2, 0) is 0 Å². The first-order valence-corrected chi connectivity index (χ1v) is 6.53. The summed E-state index contributed by atoms with van der Waals surface area (Å²) in [6.07, 6.45) is 1.37. The molecule has 1 unspecified atom stereocenters. The van der Waals surface area contributed by atoms with Crippen LogP contribution in [0.1, 0.15) is 36.8 Å². The lowest BCUT2D eigenvalue weighted by atomic mass is 10.0. The Morgan fingerprint density at radius 1 is 1.38 bits per heavy atom. The summed E-state index contributed by atoms with van der Waals surface area (Å²) in [6.45, 7) is 4.47. The molecule has 0 bridgehead atoms. The van der Waals surface area contributed by atoms with Crippen molar-refractivity contribution < 1.29 is 4.39 Å². The van der Waals surface area contributed by atoms with Crippen LogP contribution in [0.3, 0.4) is 0 Å². The Labute approximate surface area is 122 Å². The van der Waals surface area contributed by atoms with Gasteiger partial charge in [0.2, 0.25) is 0 Å². The van der Waals surface area contributed by atoms with Gasteiger partial charge in [0.05, 0.1) is 5.69 Å². The monoisotopic (exact) mass is 283 g/mol. The number of nitrogens with one attached hydrogen (secondary N) is 1. The average Bonchev–Trinajstić information content (AvgIpc) is 2.89. The molecule has 106 valence electrons. The highest BCUT2D eigenvalue weighted by Crippen LogP contribution is 2.26. The van der Waals surface area contributed by atoms with Gasteiger partial charge in [-0.3, -0.25) is 4.57 Å². The minimum absolute atomic E-state index is 0.0313. The molecule has 0 spiro atoms. The Morgan fingerprint density at radius 3 is 2.76 bits per heavy atom. The number of hydrogen-bond donors (Lipinski definition) is 1. The van der Waals surface area contributed by atoms with Crippen molar-refractivity contribution in [2.45, 2.75) is 19.9 Å². The predicted octanol–water partition coefficient (Wildman–Crippen LogP) is 2.43. The minimum Gasteiger partial charge on any atom is -0.310 e. The van der Waals surface area contributed by atoms with Crippen LogP contribution in [0, 0.1) is 28.5 Å². The molecule has 0 fully saturated rings. The Kier molecular flexibility index (Phi) is 4.32. The largest absolute Gasteiger partial charge is 0.310 e. The number of nitriles is 2. The van der Waals surface area contributed by atoms with Crippen LogP contribution in [0.4, 0.5) is 4.39 Å². The molecule has 2 aromatic rings. The van der Waals surface area contributed by atoms with Crippen molar-refractivity contribution in [2.24, 2.45) is 0 Å². The first-order chi connectivity index (χ1) is 10.1. The third-order valence-electron chi connectivity index (χ3n) is 3.21. The summed E-state index contributed by atoms with van der Waals surface area (Å²) >= 11 is 0. The summed E-state index contributed by atoms with van der Waals surface area (Å²) in [7, 11) is 0. The van der Waals surface area contributed by atoms with Crippen molar-refractivity contribution in [3.63, 3.8) is 0 Å². The van der Waals surface area contributed by atoms with Gasteiger partial charge in [-0.2, -0.15) is 10.5 Å². The lowest BCUT2D eigenvalue weighted by Crippen LogP contribution is -2.21. The summed E-state index contributed by atoms with van der Waals surface area (Å²) in [5.74, 6) is -0.364. The molecule has 21 heavy (non-hydrogen) atoms. The van der Waals surface area contributed by atoms with Gasteiger partial charge < -0.3 is 5.32 Å². The van der Waals surface area contributed by atoms with Crippen LogP contribution in [-0.4, -0.2) is 16.1 Å². The molecule has 1 heterocycles. The molecule has 5 nitrogen and oxygen atoms in total. The molecule has 1 aromatic carbocycles. The van der Waals surface area contributed by atoms with Gasteiger partial charge in [0.25, 0.3) is 0 Å². The Hall–Kier alpha value is -2.70. The third-order valence-corrected chi connectivity index (χ3v) is 3.21. The van der Waals surface area contributed by atoms with E-state index in [2.05, 4.69) is 10.3 Å². The number of nitrogens with zero attached hydrogens (tertiary/aromatic N) is 4. The van der Waals surface area contributed by atoms with E-state index in [1.165, 1.54) is 17.0 Å². The highest BCUT2D eigenvalue weighted by molar-refractivity contribution is 5.49. The molecule has 0 radical (unpaired) electrons. The van der Waals surface area contributed by atoms with Crippen molar-refractivity contribution in [3.05, 3.63) is 47.3 Å². The van der Waals surface area contributed by atoms with E-state index in [9.17, 15) is 9.65 Å². The zero-order chi connectivity index (χ0) is 15.4. The second kappa shape index (κ2) is 6.17. The van der Waals surface area contributed by atoms with E-state index in [4.69, 9.17) is 5.26 Å². The van der Waals surface area contributed by atoms with E-state index in [-0.39, 0.29) is 23.2 Å². The van der Waals surface area contributed by atoms with Crippen LogP contribution < -0.4 is 5.32 Å². The fraction of sp³-hybridized carbons (Fsp3) is 0.267. The second-order valence-corrected chi connectivity index (χ2v) is 4.49. The summed E-state index contributed by atoms with van der Waals surface area (Å²) in [4.78, 5) is 3.89. The minimum atomic E-state index is -0.364. The molecule has 6 heteroatoms. The smallest absolute Gasteiger partial charge is 0.177 e. The number of imidazole rings is 1. The van der Waals surface area contributed by atoms with Crippen molar-refractivity contribution >= 4 is 0 Å². The summed E-state index contributed by atoms with van der Waals surface area (Å²) < 4.78 is 15.7. The first-order valence-electron chi connectivity index (χ1n) is 6.53. The zero-order valence-electron chi connectivity index (χ0n) is 11.8. The topological polar surface area (TPSA) is 77.4 Å². The van der Waals surface area contributed by atoms with Crippen molar-refractivity contribution in [1.29, 1.82) is 10.5 Å². The molecule has 0 aliphatic rings. The fourth-order valence-corrected chi connectivity index (χ4v) is 2.29. The Bertz CT molecular complexity index is 735. The molecule has 1 aromatic heterocycles. The molecule has 0 amide bonds. The lowest BCUT2D eigenvalue weighted by Gasteiger charge is -2.18. The van der Waals surface area contributed by atoms with Crippen molar-refractivity contribution in [2.75, 3.05) is 6.54 Å². The Balaban J connectivity index is 2.66. The molecule has 0 saturated heterocycles. The molecule has 0 aliphatic heterocycles. The van der Waals surface area contributed by atoms with Gasteiger partial charge in [0, 0.05) is 11.6 Å². The maximum Gasteiger partial charge on any atom is 0.177 e. The van der Waals surface area contributed by atoms with Crippen LogP contribution in [0.2, 0.25) is 0 Å². The molecule has 0 saturated carbocycles. The third kappa shape index (κ3) is 2.62. The van der Waals surface area contributed by atoms with Gasteiger partial charge >= 0.3 is 0 Å². The van der Waals surface area contributed by atoms with Gasteiger partial charge in [-0.05, 0) is 25.6 Å². The molecule has 1 N–H and O–H groups in total. The Morgan fingerprint density at radius 2 is 2.14 bits per heavy atom. The fourth-order valence-electron chi connectivity index (χ4n) is 2.29. The summed E-state index contributed by atoms with van der Waals surface area (Å²) in [5, 5.41) is 21.3. The van der Waals surface area contributed by atoms with E-state index in [1.54, 1.807) is 12.1 Å². The van der Waals surface area contributed by atoms with Crippen LogP contribution >= 0.6 is 0 Å². The first kappa shape index (κ1) is 14.7. The number of benzene rings is 1. The summed E-state index contributed by atoms with van der Waals surface area (Å²) in [5.41, 5.74) is 1.09. The van der Waals surface area contributed by atoms with Gasteiger partial charge in [0.1, 0.15) is 24.3 Å². The predicted molar refractivity (Wildman–Crippen MR) is 75.0 cm³/mol. The van der Waals surface area contributed by atoms with E-state index >= 15 is 0 Å². The number of rotatable bonds is 4. The molecular weight excluding hydrogens is 269 g/mol. The zero-order valence-corrected chi connectivity index (χ0v) is 11.8. The van der Waals surface area contributed by atoms with E-state index in [1.807, 2.05) is 26.0 Å². The maximum absolute atomic E-state index is 14.2. The average molecular weight is 283 g/mol. The van der Waals surface area contributed by atoms with Gasteiger partial charge in [0.15, 0.2) is 11.4 Å². The van der Waals surface area contributed by atoms with Gasteiger partial charge in [-0.25, -0.2) is 9.37 Å². The maximum atomic E-state index is 14.2. The van der Waals surface area contributed by atoms with E-state index in [0.29, 0.717) is 17.8 Å². The van der Waals surface area contributed by atoms with Gasteiger partial charge in [-0.1, -0.05) is 13.0 Å². The molecular formula is C15H14FN5. The highest BCUT2D eigenvalue weighted by atomic mass is 19.1. The van der Waals surface area contributed by atoms with Gasteiger partial charge in [-0.15, -0.1) is 0 Å². The van der Waals surface area contributed by atoms with E-state index in [0.717, 1.165) is 0 Å². The summed E-state index contributed by atoms with van der Waals surface area (Å²) in [6, 6.07) is 8.23. The van der Waals surface area contributed by atoms with E-state index < -0.39 is 0 Å². The SMILES string of the molecule is CCNC(C)c1c(F)cccc1-n1cnc(C#N)c1C#N. The van der Waals surface area contributed by atoms with Crippen LogP contribution in [0.5, 0.6) is 0 Å².